The van der Waals surface area contributed by atoms with Crippen molar-refractivity contribution in [2.45, 2.75) is 0 Å². The highest BCUT2D eigenvalue weighted by Gasteiger charge is 2.17. The van der Waals surface area contributed by atoms with E-state index < -0.39 is 5.82 Å². The van der Waals surface area contributed by atoms with Crippen molar-refractivity contribution in [3.8, 4) is 5.75 Å². The van der Waals surface area contributed by atoms with Crippen LogP contribution in [0.1, 0.15) is 5.56 Å². The number of nitrogens with zero attached hydrogens (tertiary/aromatic N) is 4. The second kappa shape index (κ2) is 7.26. The summed E-state index contributed by atoms with van der Waals surface area (Å²) in [5, 5.41) is 13.8. The molecule has 7 nitrogen and oxygen atoms in total. The van der Waals surface area contributed by atoms with Crippen LogP contribution in [0.2, 0.25) is 0 Å². The van der Waals surface area contributed by atoms with Crippen molar-refractivity contribution in [2.75, 3.05) is 36.6 Å². The van der Waals surface area contributed by atoms with Crippen LogP contribution in [0.25, 0.3) is 0 Å². The molecular weight excluding hydrogens is 312 g/mol. The molecular formula is C15H17BFN5O2. The monoisotopic (exact) mass is 329 g/mol. The molecule has 0 unspecified atom stereocenters. The maximum atomic E-state index is 13.9. The number of benzene rings is 1. The van der Waals surface area contributed by atoms with Crippen LogP contribution in [-0.4, -0.2) is 55.4 Å². The van der Waals surface area contributed by atoms with Gasteiger partial charge in [0.25, 0.3) is 0 Å². The summed E-state index contributed by atoms with van der Waals surface area (Å²) < 4.78 is 19.2. The van der Waals surface area contributed by atoms with Crippen molar-refractivity contribution in [3.63, 3.8) is 0 Å². The zero-order valence-corrected chi connectivity index (χ0v) is 13.2. The van der Waals surface area contributed by atoms with Crippen molar-refractivity contribution in [1.29, 1.82) is 0 Å². The molecule has 1 aromatic carbocycles. The molecule has 1 aliphatic rings. The van der Waals surface area contributed by atoms with Crippen LogP contribution >= 0.6 is 0 Å². The van der Waals surface area contributed by atoms with Crippen LogP contribution in [-0.2, 0) is 4.74 Å². The van der Waals surface area contributed by atoms with Crippen molar-refractivity contribution in [2.24, 2.45) is 5.10 Å². The van der Waals surface area contributed by atoms with Gasteiger partial charge >= 0.3 is 0 Å². The predicted octanol–water partition coefficient (Wildman–Crippen LogP) is -0.138. The molecule has 0 bridgehead atoms. The fourth-order valence-electron chi connectivity index (χ4n) is 2.35. The van der Waals surface area contributed by atoms with Gasteiger partial charge in [-0.1, -0.05) is 17.6 Å². The fourth-order valence-corrected chi connectivity index (χ4v) is 2.35. The summed E-state index contributed by atoms with van der Waals surface area (Å²) in [6.45, 7) is 2.23. The number of hydrogen-bond donors (Lipinski definition) is 2. The molecule has 2 N–H and O–H groups in total. The van der Waals surface area contributed by atoms with Gasteiger partial charge in [-0.05, 0) is 6.07 Å². The average molecular weight is 329 g/mol. The predicted molar refractivity (Wildman–Crippen MR) is 92.5 cm³/mol. The van der Waals surface area contributed by atoms with Gasteiger partial charge in [0.1, 0.15) is 13.6 Å². The van der Waals surface area contributed by atoms with Crippen LogP contribution in [0.5, 0.6) is 5.75 Å². The topological polar surface area (TPSA) is 82.9 Å². The Morgan fingerprint density at radius 2 is 2.17 bits per heavy atom. The number of aromatic hydroxyl groups is 1. The highest BCUT2D eigenvalue weighted by Crippen LogP contribution is 2.18. The van der Waals surface area contributed by atoms with Gasteiger partial charge in [-0.2, -0.15) is 10.1 Å². The van der Waals surface area contributed by atoms with Crippen LogP contribution in [0, 0.1) is 5.82 Å². The molecule has 2 heterocycles. The van der Waals surface area contributed by atoms with E-state index in [2.05, 4.69) is 20.5 Å². The van der Waals surface area contributed by atoms with Crippen molar-refractivity contribution in [1.82, 2.24) is 9.97 Å². The fraction of sp³-hybridized carbons (Fsp3) is 0.267. The summed E-state index contributed by atoms with van der Waals surface area (Å²) in [5.41, 5.74) is 4.23. The van der Waals surface area contributed by atoms with Gasteiger partial charge in [0, 0.05) is 18.7 Å². The third-order valence-electron chi connectivity index (χ3n) is 3.59. The van der Waals surface area contributed by atoms with Gasteiger partial charge < -0.3 is 14.7 Å². The lowest BCUT2D eigenvalue weighted by Crippen LogP contribution is -2.37. The minimum absolute atomic E-state index is 0.125. The van der Waals surface area contributed by atoms with Gasteiger partial charge in [0.2, 0.25) is 5.95 Å². The first-order chi connectivity index (χ1) is 11.6. The summed E-state index contributed by atoms with van der Waals surface area (Å²) in [5.74, 6) is 0.0497. The van der Waals surface area contributed by atoms with Gasteiger partial charge in [-0.15, -0.1) is 0 Å². The summed E-state index contributed by atoms with van der Waals surface area (Å²) in [4.78, 5) is 9.84. The van der Waals surface area contributed by atoms with Crippen LogP contribution in [0.3, 0.4) is 0 Å². The maximum absolute atomic E-state index is 13.9. The Morgan fingerprint density at radius 3 is 2.96 bits per heavy atom. The lowest BCUT2D eigenvalue weighted by molar-refractivity contribution is 0.122. The number of ether oxygens (including phenoxy) is 1. The Balaban J connectivity index is 1.73. The largest absolute Gasteiger partial charge is 0.507 e. The molecule has 1 saturated heterocycles. The first-order valence-corrected chi connectivity index (χ1v) is 7.57. The Morgan fingerprint density at radius 1 is 1.38 bits per heavy atom. The molecule has 9 heteroatoms. The maximum Gasteiger partial charge on any atom is 0.245 e. The normalized spacial score (nSPS) is 15.0. The quantitative estimate of drug-likeness (QED) is 0.462. The van der Waals surface area contributed by atoms with E-state index in [1.807, 2.05) is 12.7 Å². The van der Waals surface area contributed by atoms with E-state index in [-0.39, 0.29) is 17.5 Å². The van der Waals surface area contributed by atoms with Crippen molar-refractivity contribution >= 4 is 31.3 Å². The Hall–Kier alpha value is -2.68. The van der Waals surface area contributed by atoms with E-state index in [0.29, 0.717) is 31.9 Å². The lowest BCUT2D eigenvalue weighted by atomic mass is 9.94. The number of morpholine rings is 1. The molecule has 0 saturated carbocycles. The molecule has 0 atom stereocenters. The number of hydrogen-bond acceptors (Lipinski definition) is 7. The molecule has 0 spiro atoms. The number of aromatic nitrogens is 2. The Labute approximate surface area is 139 Å². The zero-order chi connectivity index (χ0) is 16.9. The van der Waals surface area contributed by atoms with Crippen LogP contribution in [0.4, 0.5) is 16.2 Å². The standard InChI is InChI=1S/C15H17BFN5O2/c16-11-1-2-13(23)10(7-11)8-19-21-15-18-9-12(17)14(20-15)22-3-5-24-6-4-22/h1-2,7-9,23H,3-6,16H2,(H,18,20,21)/b19-8+. The minimum atomic E-state index is -0.484. The molecule has 0 amide bonds. The number of hydrazone groups is 1. The number of phenolic OH excluding ortho intramolecular Hbond substituents is 1. The highest BCUT2D eigenvalue weighted by molar-refractivity contribution is 6.32. The first kappa shape index (κ1) is 16.2. The van der Waals surface area contributed by atoms with Gasteiger partial charge in [-0.25, -0.2) is 14.8 Å². The number of nitrogens with one attached hydrogen (secondary N) is 1. The van der Waals surface area contributed by atoms with Gasteiger partial charge in [0.15, 0.2) is 11.6 Å². The Bertz CT molecular complexity index is 753. The minimum Gasteiger partial charge on any atom is -0.507 e. The van der Waals surface area contributed by atoms with Crippen LogP contribution < -0.4 is 15.8 Å². The summed E-state index contributed by atoms with van der Waals surface area (Å²) in [6, 6.07) is 5.20. The van der Waals surface area contributed by atoms with Crippen molar-refractivity contribution < 1.29 is 14.2 Å². The Kier molecular flexibility index (Phi) is 4.90. The van der Waals surface area contributed by atoms with E-state index in [0.717, 1.165) is 11.7 Å². The third kappa shape index (κ3) is 3.80. The summed E-state index contributed by atoms with van der Waals surface area (Å²) >= 11 is 0. The smallest absolute Gasteiger partial charge is 0.245 e. The molecule has 1 fully saturated rings. The van der Waals surface area contributed by atoms with E-state index in [1.54, 1.807) is 18.2 Å². The first-order valence-electron chi connectivity index (χ1n) is 7.57. The third-order valence-corrected chi connectivity index (χ3v) is 3.59. The van der Waals surface area contributed by atoms with E-state index >= 15 is 0 Å². The second-order valence-electron chi connectivity index (χ2n) is 5.40. The van der Waals surface area contributed by atoms with E-state index in [1.165, 1.54) is 6.21 Å². The number of anilines is 2. The molecule has 124 valence electrons. The number of rotatable bonds is 4. The lowest BCUT2D eigenvalue weighted by Gasteiger charge is -2.27. The highest BCUT2D eigenvalue weighted by atomic mass is 19.1. The second-order valence-corrected chi connectivity index (χ2v) is 5.40. The van der Waals surface area contributed by atoms with E-state index in [9.17, 15) is 9.50 Å². The number of halogens is 1. The molecule has 2 aromatic rings. The SMILES string of the molecule is Bc1ccc(O)c(/C=N/Nc2ncc(F)c(N3CCOCC3)n2)c1. The van der Waals surface area contributed by atoms with Crippen LogP contribution in [0.15, 0.2) is 29.5 Å². The molecule has 3 rings (SSSR count). The van der Waals surface area contributed by atoms with Gasteiger partial charge in [0.05, 0.1) is 25.6 Å². The molecule has 1 aromatic heterocycles. The molecule has 0 aliphatic carbocycles. The number of phenols is 1. The van der Waals surface area contributed by atoms with Crippen molar-refractivity contribution in [3.05, 3.63) is 35.8 Å². The molecule has 1 aliphatic heterocycles. The molecule has 24 heavy (non-hydrogen) atoms. The summed E-state index contributed by atoms with van der Waals surface area (Å²) in [6.07, 6.45) is 2.57. The zero-order valence-electron chi connectivity index (χ0n) is 13.2. The van der Waals surface area contributed by atoms with Gasteiger partial charge in [-0.3, -0.25) is 0 Å². The summed E-state index contributed by atoms with van der Waals surface area (Å²) in [7, 11) is 1.92. The molecule has 0 radical (unpaired) electrons. The van der Waals surface area contributed by atoms with E-state index in [4.69, 9.17) is 4.74 Å². The average Bonchev–Trinajstić information content (AvgIpc) is 2.60.